The molecule has 5 rings (SSSR count). The molecule has 9 heteroatoms. The van der Waals surface area contributed by atoms with Crippen molar-refractivity contribution >= 4 is 45.7 Å². The molecule has 2 unspecified atom stereocenters. The maximum atomic E-state index is 6.32. The fourth-order valence-corrected chi connectivity index (χ4v) is 4.92. The third-order valence-electron chi connectivity index (χ3n) is 5.72. The Kier molecular flexibility index (Phi) is 6.43. The van der Waals surface area contributed by atoms with E-state index in [1.165, 1.54) is 0 Å². The molecule has 3 aromatic heterocycles. The van der Waals surface area contributed by atoms with Crippen molar-refractivity contribution in [3.05, 3.63) is 69.7 Å². The molecule has 0 radical (unpaired) electrons. The number of rotatable bonds is 5. The first-order chi connectivity index (χ1) is 16.0. The largest absolute Gasteiger partial charge is 0.486 e. The van der Waals surface area contributed by atoms with Crippen molar-refractivity contribution in [3.8, 4) is 17.0 Å². The molecule has 1 aliphatic heterocycles. The molecule has 0 bridgehead atoms. The highest BCUT2D eigenvalue weighted by Crippen LogP contribution is 2.37. The molecule has 1 saturated heterocycles. The summed E-state index contributed by atoms with van der Waals surface area (Å²) in [5.74, 6) is 0.672. The molecule has 0 N–H and O–H groups in total. The molecule has 4 heterocycles. The predicted octanol–water partition coefficient (Wildman–Crippen LogP) is 7.29. The number of aromatic nitrogens is 4. The zero-order valence-electron chi connectivity index (χ0n) is 17.8. The summed E-state index contributed by atoms with van der Waals surface area (Å²) in [5, 5.41) is 7.22. The Morgan fingerprint density at radius 3 is 2.58 bits per heavy atom. The fraction of sp³-hybridized carbons (Fsp3) is 0.292. The van der Waals surface area contributed by atoms with Crippen molar-refractivity contribution in [1.29, 1.82) is 0 Å². The summed E-state index contributed by atoms with van der Waals surface area (Å²) < 4.78 is 14.2. The fourth-order valence-electron chi connectivity index (χ4n) is 4.13. The molecule has 4 aromatic rings. The van der Waals surface area contributed by atoms with Crippen molar-refractivity contribution in [2.75, 3.05) is 6.61 Å². The van der Waals surface area contributed by atoms with Crippen LogP contribution < -0.4 is 4.74 Å². The molecule has 1 aromatic carbocycles. The molecule has 33 heavy (non-hydrogen) atoms. The Morgan fingerprint density at radius 2 is 1.88 bits per heavy atom. The minimum Gasteiger partial charge on any atom is -0.486 e. The highest BCUT2D eigenvalue weighted by Gasteiger charge is 2.23. The van der Waals surface area contributed by atoms with E-state index in [-0.39, 0.29) is 12.3 Å². The first-order valence-corrected chi connectivity index (χ1v) is 11.9. The molecule has 6 nitrogen and oxygen atoms in total. The van der Waals surface area contributed by atoms with Crippen LogP contribution in [0.4, 0.5) is 0 Å². The number of halogens is 3. The van der Waals surface area contributed by atoms with Crippen LogP contribution in [0.3, 0.4) is 0 Å². The first kappa shape index (κ1) is 22.4. The lowest BCUT2D eigenvalue weighted by Crippen LogP contribution is -2.19. The van der Waals surface area contributed by atoms with Crippen LogP contribution in [0.25, 0.3) is 22.2 Å². The lowest BCUT2D eigenvalue weighted by atomic mass is 10.1. The minimum absolute atomic E-state index is 0.101. The Morgan fingerprint density at radius 1 is 1.06 bits per heavy atom. The molecule has 0 saturated carbocycles. The van der Waals surface area contributed by atoms with E-state index in [0.29, 0.717) is 26.5 Å². The van der Waals surface area contributed by atoms with Gasteiger partial charge in [-0.3, -0.25) is 4.98 Å². The topological polar surface area (TPSA) is 62.1 Å². The van der Waals surface area contributed by atoms with Crippen LogP contribution in [0.1, 0.15) is 44.1 Å². The molecule has 2 atom stereocenters. The van der Waals surface area contributed by atoms with Crippen molar-refractivity contribution in [1.82, 2.24) is 19.7 Å². The molecule has 0 aliphatic carbocycles. The molecule has 1 fully saturated rings. The normalized spacial score (nSPS) is 17.3. The molecule has 0 amide bonds. The van der Waals surface area contributed by atoms with Crippen LogP contribution in [0, 0.1) is 0 Å². The van der Waals surface area contributed by atoms with Gasteiger partial charge >= 0.3 is 0 Å². The zero-order valence-corrected chi connectivity index (χ0v) is 20.1. The Labute approximate surface area is 206 Å². The standard InChI is InChI=1S/C24H21Cl3N4O2/c1-14(23-18(25)12-28-13-19(23)26)33-16-6-7-20-17(10-16)24(15-5-8-21(27)29-11-15)30-31(20)22-4-2-3-9-32-22/h5-8,10-14,22H,2-4,9H2,1H3. The van der Waals surface area contributed by atoms with Gasteiger partial charge in [-0.1, -0.05) is 34.8 Å². The first-order valence-electron chi connectivity index (χ1n) is 10.7. The second-order valence-electron chi connectivity index (χ2n) is 7.94. The SMILES string of the molecule is CC(Oc1ccc2c(c1)c(-c1ccc(Cl)nc1)nn2C1CCCCO1)c1c(Cl)cncc1Cl. The van der Waals surface area contributed by atoms with E-state index < -0.39 is 0 Å². The lowest BCUT2D eigenvalue weighted by Gasteiger charge is -2.23. The second-order valence-corrected chi connectivity index (χ2v) is 9.14. The molecule has 170 valence electrons. The maximum Gasteiger partial charge on any atom is 0.150 e. The summed E-state index contributed by atoms with van der Waals surface area (Å²) in [4.78, 5) is 8.25. The van der Waals surface area contributed by atoms with Gasteiger partial charge in [-0.25, -0.2) is 9.67 Å². The number of pyridine rings is 2. The second kappa shape index (κ2) is 9.47. The van der Waals surface area contributed by atoms with Gasteiger partial charge < -0.3 is 9.47 Å². The van der Waals surface area contributed by atoms with E-state index >= 15 is 0 Å². The third kappa shape index (κ3) is 4.53. The summed E-state index contributed by atoms with van der Waals surface area (Å²) in [5.41, 5.74) is 3.32. The number of nitrogens with zero attached hydrogens (tertiary/aromatic N) is 4. The van der Waals surface area contributed by atoms with Gasteiger partial charge in [0, 0.05) is 41.7 Å². The monoisotopic (exact) mass is 502 g/mol. The smallest absolute Gasteiger partial charge is 0.150 e. The summed E-state index contributed by atoms with van der Waals surface area (Å²) >= 11 is 18.7. The molecule has 1 aliphatic rings. The van der Waals surface area contributed by atoms with Crippen LogP contribution in [0.15, 0.2) is 48.9 Å². The predicted molar refractivity (Wildman–Crippen MR) is 130 cm³/mol. The number of hydrogen-bond donors (Lipinski definition) is 0. The van der Waals surface area contributed by atoms with Crippen LogP contribution in [-0.4, -0.2) is 26.4 Å². The van der Waals surface area contributed by atoms with Crippen LogP contribution in [0.5, 0.6) is 5.75 Å². The third-order valence-corrected chi connectivity index (χ3v) is 6.54. The maximum absolute atomic E-state index is 6.32. The number of hydrogen-bond acceptors (Lipinski definition) is 5. The average Bonchev–Trinajstić information content (AvgIpc) is 3.19. The quantitative estimate of drug-likeness (QED) is 0.268. The summed E-state index contributed by atoms with van der Waals surface area (Å²) in [6.07, 6.45) is 7.47. The lowest BCUT2D eigenvalue weighted by molar-refractivity contribution is -0.0365. The highest BCUT2D eigenvalue weighted by atomic mass is 35.5. The van der Waals surface area contributed by atoms with Gasteiger partial charge in [0.2, 0.25) is 0 Å². The average molecular weight is 504 g/mol. The van der Waals surface area contributed by atoms with Crippen molar-refractivity contribution < 1.29 is 9.47 Å². The molecular weight excluding hydrogens is 483 g/mol. The number of benzene rings is 1. The summed E-state index contributed by atoms with van der Waals surface area (Å²) in [7, 11) is 0. The van der Waals surface area contributed by atoms with Gasteiger partial charge in [0.15, 0.2) is 6.23 Å². The van der Waals surface area contributed by atoms with Crippen LogP contribution >= 0.6 is 34.8 Å². The van der Waals surface area contributed by atoms with Gasteiger partial charge in [-0.15, -0.1) is 0 Å². The Bertz CT molecular complexity index is 1270. The van der Waals surface area contributed by atoms with Crippen molar-refractivity contribution in [2.45, 2.75) is 38.5 Å². The number of fused-ring (bicyclic) bond motifs is 1. The van der Waals surface area contributed by atoms with Crippen molar-refractivity contribution in [2.24, 2.45) is 0 Å². The zero-order chi connectivity index (χ0) is 22.9. The van der Waals surface area contributed by atoms with Gasteiger partial charge in [-0.05, 0) is 56.5 Å². The van der Waals surface area contributed by atoms with Gasteiger partial charge in [0.05, 0.1) is 15.6 Å². The summed E-state index contributed by atoms with van der Waals surface area (Å²) in [6.45, 7) is 2.64. The van der Waals surface area contributed by atoms with Crippen molar-refractivity contribution in [3.63, 3.8) is 0 Å². The van der Waals surface area contributed by atoms with E-state index in [9.17, 15) is 0 Å². The Balaban J connectivity index is 1.57. The van der Waals surface area contributed by atoms with Crippen LogP contribution in [-0.2, 0) is 4.74 Å². The van der Waals surface area contributed by atoms with Gasteiger partial charge in [-0.2, -0.15) is 5.10 Å². The van der Waals surface area contributed by atoms with Gasteiger partial charge in [0.1, 0.15) is 22.7 Å². The van der Waals surface area contributed by atoms with E-state index in [4.69, 9.17) is 49.4 Å². The van der Waals surface area contributed by atoms with E-state index in [2.05, 4.69) is 9.97 Å². The molecule has 0 spiro atoms. The van der Waals surface area contributed by atoms with E-state index in [1.807, 2.05) is 35.9 Å². The van der Waals surface area contributed by atoms with Gasteiger partial charge in [0.25, 0.3) is 0 Å². The molecular formula is C24H21Cl3N4O2. The van der Waals surface area contributed by atoms with E-state index in [0.717, 1.165) is 48.0 Å². The highest BCUT2D eigenvalue weighted by molar-refractivity contribution is 6.35. The Hall–Kier alpha value is -2.38. The minimum atomic E-state index is -0.372. The number of ether oxygens (including phenoxy) is 2. The van der Waals surface area contributed by atoms with E-state index in [1.54, 1.807) is 24.7 Å². The van der Waals surface area contributed by atoms with Crippen LogP contribution in [0.2, 0.25) is 15.2 Å². The summed E-state index contributed by atoms with van der Waals surface area (Å²) in [6, 6.07) is 9.58.